The number of unbranched alkanes of at least 4 members (excludes halogenated alkanes) is 1. The van der Waals surface area contributed by atoms with Gasteiger partial charge >= 0.3 is 23.1 Å². The van der Waals surface area contributed by atoms with Crippen LogP contribution in [0.3, 0.4) is 0 Å². The van der Waals surface area contributed by atoms with Gasteiger partial charge in [0.05, 0.1) is 0 Å². The monoisotopic (exact) mass is 224 g/mol. The normalized spacial score (nSPS) is 7.07. The van der Waals surface area contributed by atoms with Crippen LogP contribution in [0.5, 0.6) is 0 Å². The van der Waals surface area contributed by atoms with Crippen molar-refractivity contribution >= 4 is 37.2 Å². The van der Waals surface area contributed by atoms with Crippen molar-refractivity contribution in [2.24, 2.45) is 0 Å². The van der Waals surface area contributed by atoms with E-state index in [0.29, 0.717) is 0 Å². The molecular formula is C12H29AlMg. The van der Waals surface area contributed by atoms with Crippen molar-refractivity contribution in [2.75, 3.05) is 0 Å². The molecule has 0 aromatic heterocycles. The van der Waals surface area contributed by atoms with E-state index in [1.807, 2.05) is 0 Å². The van der Waals surface area contributed by atoms with E-state index in [4.69, 9.17) is 0 Å². The molecular weight excluding hydrogens is 195 g/mol. The number of hydrogen-bond acceptors (Lipinski definition) is 0. The Bertz CT molecular complexity index is 46.8. The second kappa shape index (κ2) is 29.2. The average Bonchev–Trinajstić information content (AvgIpc) is 2.24. The molecule has 0 rings (SSSR count). The molecule has 0 amide bonds. The molecule has 0 radical (unpaired) electrons. The first-order valence-corrected chi connectivity index (χ1v) is 8.21. The van der Waals surface area contributed by atoms with E-state index in [-0.39, 0.29) is 37.2 Å². The Kier molecular flexibility index (Phi) is 51.2. The van der Waals surface area contributed by atoms with Gasteiger partial charge in [0.1, 0.15) is 0 Å². The minimum Gasteiger partial charge on any atom is -0.346 e. The Balaban J connectivity index is -0.0000000620. The molecule has 0 nitrogen and oxygen atoms in total. The molecule has 0 saturated carbocycles. The van der Waals surface area contributed by atoms with Crippen LogP contribution in [0.15, 0.2) is 0 Å². The molecule has 0 aromatic rings. The zero-order chi connectivity index (χ0) is 11.1. The molecule has 0 aliphatic rings. The van der Waals surface area contributed by atoms with Gasteiger partial charge in [-0.15, -0.1) is 0 Å². The zero-order valence-corrected chi connectivity index (χ0v) is 13.8. The number of hydrogen-bond donors (Lipinski definition) is 0. The predicted molar refractivity (Wildman–Crippen MR) is 74.2 cm³/mol. The fraction of sp³-hybridized carbons (Fsp3) is 0.833. The summed E-state index contributed by atoms with van der Waals surface area (Å²) in [5.74, 6) is 0. The first-order chi connectivity index (χ1) is 6.26. The van der Waals surface area contributed by atoms with Crippen LogP contribution in [-0.4, -0.2) is 37.2 Å². The van der Waals surface area contributed by atoms with Crippen LogP contribution in [0.2, 0.25) is 15.8 Å². The van der Waals surface area contributed by atoms with Gasteiger partial charge in [-0.25, -0.2) is 0 Å². The van der Waals surface area contributed by atoms with E-state index in [2.05, 4.69) is 41.5 Å². The third-order valence-electron chi connectivity index (χ3n) is 2.09. The van der Waals surface area contributed by atoms with E-state index in [1.165, 1.54) is 22.3 Å². The largest absolute Gasteiger partial charge is 2.00 e. The molecule has 0 aliphatic heterocycles. The quantitative estimate of drug-likeness (QED) is 0.483. The Hall–Kier alpha value is 1.30. The van der Waals surface area contributed by atoms with Crippen LogP contribution in [-0.2, 0) is 0 Å². The summed E-state index contributed by atoms with van der Waals surface area (Å²) < 4.78 is 0. The van der Waals surface area contributed by atoms with Gasteiger partial charge in [0.2, 0.25) is 0 Å². The van der Waals surface area contributed by atoms with E-state index >= 15 is 0 Å². The van der Waals surface area contributed by atoms with Crippen LogP contribution >= 0.6 is 0 Å². The Morgan fingerprint density at radius 1 is 0.857 bits per heavy atom. The van der Waals surface area contributed by atoms with E-state index in [9.17, 15) is 0 Å². The predicted octanol–water partition coefficient (Wildman–Crippen LogP) is 4.62. The molecule has 0 fully saturated rings. The Morgan fingerprint density at radius 3 is 1.07 bits per heavy atom. The van der Waals surface area contributed by atoms with E-state index < -0.39 is 0 Å². The van der Waals surface area contributed by atoms with Crippen LogP contribution in [0.25, 0.3) is 0 Å². The van der Waals surface area contributed by atoms with Crippen molar-refractivity contribution in [1.29, 1.82) is 0 Å². The van der Waals surface area contributed by atoms with E-state index in [0.717, 1.165) is 6.42 Å². The summed E-state index contributed by atoms with van der Waals surface area (Å²) in [5, 5.41) is 4.48. The van der Waals surface area contributed by atoms with Gasteiger partial charge in [-0.05, 0) is 0 Å². The first kappa shape index (κ1) is 24.5. The van der Waals surface area contributed by atoms with Crippen molar-refractivity contribution in [1.82, 2.24) is 0 Å². The summed E-state index contributed by atoms with van der Waals surface area (Å²) in [4.78, 5) is 0. The first-order valence-electron chi connectivity index (χ1n) is 5.76. The van der Waals surface area contributed by atoms with Gasteiger partial charge in [-0.2, -0.15) is 13.3 Å². The minimum atomic E-state index is -0.171. The molecule has 82 valence electrons. The summed E-state index contributed by atoms with van der Waals surface area (Å²) in [5.41, 5.74) is 0. The Labute approximate surface area is 114 Å². The summed E-state index contributed by atoms with van der Waals surface area (Å²) in [6, 6.07) is 0. The molecule has 0 unspecified atom stereocenters. The van der Waals surface area contributed by atoms with Gasteiger partial charge < -0.3 is 13.8 Å². The zero-order valence-electron chi connectivity index (χ0n) is 11.2. The smallest absolute Gasteiger partial charge is 0.346 e. The Morgan fingerprint density at radius 2 is 1.07 bits per heavy atom. The topological polar surface area (TPSA) is 0 Å². The summed E-state index contributed by atoms with van der Waals surface area (Å²) in [6.07, 6.45) is 2.28. The molecule has 2 heteroatoms. The second-order valence-electron chi connectivity index (χ2n) is 2.94. The van der Waals surface area contributed by atoms with Crippen LogP contribution < -0.4 is 0 Å². The second-order valence-corrected chi connectivity index (χ2v) is 7.13. The van der Waals surface area contributed by atoms with Gasteiger partial charge in [-0.3, -0.25) is 0 Å². The van der Waals surface area contributed by atoms with Crippen LogP contribution in [0, 0.1) is 13.8 Å². The molecule has 0 aliphatic carbocycles. The van der Waals surface area contributed by atoms with Crippen molar-refractivity contribution in [3.05, 3.63) is 13.8 Å². The molecule has 14 heavy (non-hydrogen) atoms. The van der Waals surface area contributed by atoms with Gasteiger partial charge in [-0.1, -0.05) is 50.0 Å². The van der Waals surface area contributed by atoms with Crippen LogP contribution in [0.4, 0.5) is 0 Å². The van der Waals surface area contributed by atoms with Gasteiger partial charge in [0.15, 0.2) is 0 Å². The summed E-state index contributed by atoms with van der Waals surface area (Å²) in [7, 11) is 0. The van der Waals surface area contributed by atoms with Gasteiger partial charge in [0, 0.05) is 0 Å². The number of rotatable bonds is 4. The van der Waals surface area contributed by atoms with E-state index in [1.54, 1.807) is 6.92 Å². The molecule has 0 saturated heterocycles. The average molecular weight is 225 g/mol. The fourth-order valence-electron chi connectivity index (χ4n) is 0.866. The molecule has 0 heterocycles. The molecule has 0 atom stereocenters. The van der Waals surface area contributed by atoms with Gasteiger partial charge in [0.25, 0.3) is 14.1 Å². The molecule has 0 N–H and O–H groups in total. The maximum Gasteiger partial charge on any atom is 2.00 e. The van der Waals surface area contributed by atoms with Crippen molar-refractivity contribution in [3.8, 4) is 0 Å². The third kappa shape index (κ3) is 29.2. The SMILES string of the molecule is C[CH2][Al]([CH2]C)[CH2]C.[CH2-]C.[CH2-]CCC.[Mg+2]. The molecule has 0 spiro atoms. The maximum atomic E-state index is 3.60. The standard InChI is InChI=1S/C4H9.4C2H5.Al.Mg/c1-3-4-2;4*1-2;;/h1,3-4H2,2H3;4*1H2,2H3;;/q-1;;;;-1;;+2. The summed E-state index contributed by atoms with van der Waals surface area (Å²) >= 11 is -0.171. The van der Waals surface area contributed by atoms with Crippen molar-refractivity contribution < 1.29 is 0 Å². The third-order valence-corrected chi connectivity index (χ3v) is 5.55. The van der Waals surface area contributed by atoms with Crippen molar-refractivity contribution in [3.63, 3.8) is 0 Å². The van der Waals surface area contributed by atoms with Crippen molar-refractivity contribution in [2.45, 2.75) is 63.3 Å². The van der Waals surface area contributed by atoms with Crippen LogP contribution in [0.1, 0.15) is 47.5 Å². The molecule has 0 aromatic carbocycles. The maximum absolute atomic E-state index is 3.60. The fourth-order valence-corrected chi connectivity index (χ4v) is 2.60. The molecule has 0 bridgehead atoms. The minimum absolute atomic E-state index is 0. The summed E-state index contributed by atoms with van der Waals surface area (Å²) in [6.45, 7) is 17.7.